The molecule has 0 spiro atoms. The van der Waals surface area contributed by atoms with E-state index in [0.29, 0.717) is 12.0 Å². The summed E-state index contributed by atoms with van der Waals surface area (Å²) in [5.41, 5.74) is 0.699. The maximum atomic E-state index is 12.0. The van der Waals surface area contributed by atoms with Gasteiger partial charge in [0.1, 0.15) is 0 Å². The lowest BCUT2D eigenvalue weighted by Crippen LogP contribution is -2.31. The second-order valence-electron chi connectivity index (χ2n) is 5.03. The minimum atomic E-state index is -1.22. The molecular weight excluding hydrogens is 328 g/mol. The van der Waals surface area contributed by atoms with Gasteiger partial charge in [-0.25, -0.2) is 14.4 Å². The number of hydrogen-bond acceptors (Lipinski definition) is 7. The van der Waals surface area contributed by atoms with Crippen molar-refractivity contribution in [2.24, 2.45) is 0 Å². The average molecular weight is 348 g/mol. The van der Waals surface area contributed by atoms with E-state index in [0.717, 1.165) is 19.3 Å². The lowest BCUT2D eigenvalue weighted by molar-refractivity contribution is -0.172. The molecule has 0 fully saturated rings. The molecule has 7 nitrogen and oxygen atoms in total. The van der Waals surface area contributed by atoms with Crippen LogP contribution in [0.2, 0.25) is 0 Å². The molecule has 0 saturated carbocycles. The van der Waals surface area contributed by atoms with Crippen molar-refractivity contribution in [1.82, 2.24) is 0 Å². The molecule has 1 atom stereocenters. The van der Waals surface area contributed by atoms with Crippen molar-refractivity contribution < 1.29 is 33.4 Å². The fourth-order valence-electron chi connectivity index (χ4n) is 1.85. The summed E-state index contributed by atoms with van der Waals surface area (Å²) in [6.45, 7) is 1.78. The first-order chi connectivity index (χ1) is 12.0. The van der Waals surface area contributed by atoms with E-state index in [1.807, 2.05) is 0 Å². The first kappa shape index (κ1) is 20.1. The van der Waals surface area contributed by atoms with Gasteiger partial charge in [0.25, 0.3) is 0 Å². The molecule has 1 rings (SSSR count). The highest BCUT2D eigenvalue weighted by atomic mass is 16.6. The summed E-state index contributed by atoms with van der Waals surface area (Å²) in [6.07, 6.45) is 1.14. The van der Waals surface area contributed by atoms with Crippen LogP contribution in [-0.4, -0.2) is 37.1 Å². The van der Waals surface area contributed by atoms with Crippen LogP contribution in [0.1, 0.15) is 25.3 Å². The zero-order valence-electron chi connectivity index (χ0n) is 14.1. The Labute approximate surface area is 145 Å². The molecule has 0 aromatic heterocycles. The third-order valence-corrected chi connectivity index (χ3v) is 3.03. The third kappa shape index (κ3) is 7.92. The van der Waals surface area contributed by atoms with Crippen molar-refractivity contribution >= 4 is 23.9 Å². The summed E-state index contributed by atoms with van der Waals surface area (Å²) in [5, 5.41) is 0. The van der Waals surface area contributed by atoms with E-state index in [2.05, 4.69) is 4.74 Å². The average Bonchev–Trinajstić information content (AvgIpc) is 2.59. The Morgan fingerprint density at radius 2 is 1.68 bits per heavy atom. The minimum absolute atomic E-state index is 0.0678. The molecule has 25 heavy (non-hydrogen) atoms. The molecule has 1 aromatic rings. The molecule has 0 N–H and O–H groups in total. The number of rotatable bonds is 8. The Morgan fingerprint density at radius 1 is 1.04 bits per heavy atom. The maximum Gasteiger partial charge on any atom is 0.355 e. The van der Waals surface area contributed by atoms with Gasteiger partial charge in [-0.1, -0.05) is 43.7 Å². The Balaban J connectivity index is 2.60. The number of carbonyl (C=O) groups excluding carboxylic acids is 4. The van der Waals surface area contributed by atoms with Gasteiger partial charge >= 0.3 is 23.9 Å². The van der Waals surface area contributed by atoms with Crippen molar-refractivity contribution in [1.29, 1.82) is 0 Å². The number of ether oxygens (including phenoxy) is 3. The van der Waals surface area contributed by atoms with Gasteiger partial charge in [-0.3, -0.25) is 4.79 Å². The number of carbonyl (C=O) groups is 4. The lowest BCUT2D eigenvalue weighted by atomic mass is 10.1. The predicted molar refractivity (Wildman–Crippen MR) is 87.2 cm³/mol. The van der Waals surface area contributed by atoms with Gasteiger partial charge in [0.15, 0.2) is 6.10 Å². The van der Waals surface area contributed by atoms with Gasteiger partial charge in [-0.05, 0) is 12.0 Å². The second-order valence-corrected chi connectivity index (χ2v) is 5.03. The molecule has 0 bridgehead atoms. The van der Waals surface area contributed by atoms with Crippen molar-refractivity contribution in [3.63, 3.8) is 0 Å². The molecule has 0 saturated heterocycles. The predicted octanol–water partition coefficient (Wildman–Crippen LogP) is 1.74. The largest absolute Gasteiger partial charge is 0.466 e. The van der Waals surface area contributed by atoms with Crippen LogP contribution in [0.3, 0.4) is 0 Å². The van der Waals surface area contributed by atoms with E-state index < -0.39 is 30.0 Å². The van der Waals surface area contributed by atoms with E-state index in [4.69, 9.17) is 9.47 Å². The van der Waals surface area contributed by atoms with Crippen LogP contribution in [0.4, 0.5) is 0 Å². The first-order valence-corrected chi connectivity index (χ1v) is 7.71. The molecule has 0 heterocycles. The summed E-state index contributed by atoms with van der Waals surface area (Å²) in [4.78, 5) is 46.4. The highest BCUT2D eigenvalue weighted by molar-refractivity contribution is 5.94. The first-order valence-electron chi connectivity index (χ1n) is 7.71. The van der Waals surface area contributed by atoms with E-state index in [-0.39, 0.29) is 12.8 Å². The summed E-state index contributed by atoms with van der Waals surface area (Å²) in [6, 6.07) is 8.79. The van der Waals surface area contributed by atoms with Gasteiger partial charge in [-0.15, -0.1) is 0 Å². The van der Waals surface area contributed by atoms with Gasteiger partial charge in [0.2, 0.25) is 0 Å². The molecule has 0 amide bonds. The zero-order chi connectivity index (χ0) is 18.7. The Kier molecular flexibility index (Phi) is 8.63. The number of benzene rings is 1. The second kappa shape index (κ2) is 10.7. The van der Waals surface area contributed by atoms with Crippen LogP contribution in [0.25, 0.3) is 0 Å². The van der Waals surface area contributed by atoms with E-state index in [1.165, 1.54) is 0 Å². The Bertz CT molecular complexity index is 634. The molecule has 134 valence electrons. The summed E-state index contributed by atoms with van der Waals surface area (Å²) >= 11 is 0. The van der Waals surface area contributed by atoms with Crippen molar-refractivity contribution in [3.05, 3.63) is 48.0 Å². The van der Waals surface area contributed by atoms with Crippen LogP contribution in [0.15, 0.2) is 42.5 Å². The molecule has 1 aromatic carbocycles. The monoisotopic (exact) mass is 348 g/mol. The Morgan fingerprint density at radius 3 is 2.28 bits per heavy atom. The van der Waals surface area contributed by atoms with Crippen LogP contribution >= 0.6 is 0 Å². The van der Waals surface area contributed by atoms with Gasteiger partial charge < -0.3 is 14.2 Å². The third-order valence-electron chi connectivity index (χ3n) is 3.03. The zero-order valence-corrected chi connectivity index (χ0v) is 14.1. The number of hydrogen-bond donors (Lipinski definition) is 0. The smallest absolute Gasteiger partial charge is 0.355 e. The molecule has 0 aliphatic heterocycles. The van der Waals surface area contributed by atoms with Crippen LogP contribution in [-0.2, 0) is 39.8 Å². The van der Waals surface area contributed by atoms with Crippen LogP contribution in [0.5, 0.6) is 0 Å². The summed E-state index contributed by atoms with van der Waals surface area (Å²) < 4.78 is 14.0. The van der Waals surface area contributed by atoms with Crippen molar-refractivity contribution in [2.45, 2.75) is 32.3 Å². The molecule has 0 aliphatic rings. The quantitative estimate of drug-likeness (QED) is 0.305. The fraction of sp³-hybridized carbons (Fsp3) is 0.333. The van der Waals surface area contributed by atoms with Gasteiger partial charge in [0, 0.05) is 12.2 Å². The summed E-state index contributed by atoms with van der Waals surface area (Å²) in [5.74, 6) is -3.32. The SMILES string of the molecule is CCCC(OC(=O)/C=C/C(=O)OC)C(=O)OC(=O)Cc1ccccc1. The van der Waals surface area contributed by atoms with Gasteiger partial charge in [0.05, 0.1) is 13.5 Å². The van der Waals surface area contributed by atoms with E-state index >= 15 is 0 Å². The molecule has 1 unspecified atom stereocenters. The number of esters is 4. The maximum absolute atomic E-state index is 12.0. The highest BCUT2D eigenvalue weighted by Gasteiger charge is 2.25. The topological polar surface area (TPSA) is 96.0 Å². The molecule has 7 heteroatoms. The van der Waals surface area contributed by atoms with Crippen molar-refractivity contribution in [2.75, 3.05) is 7.11 Å². The van der Waals surface area contributed by atoms with Crippen LogP contribution in [0, 0.1) is 0 Å². The molecule has 0 radical (unpaired) electrons. The molecule has 0 aliphatic carbocycles. The standard InChI is InChI=1S/C18H20O7/c1-3-7-14(24-16(20)11-10-15(19)23-2)18(22)25-17(21)12-13-8-5-4-6-9-13/h4-6,8-11,14H,3,7,12H2,1-2H3/b11-10+. The lowest BCUT2D eigenvalue weighted by Gasteiger charge is -2.14. The normalized spacial score (nSPS) is 11.6. The summed E-state index contributed by atoms with van der Waals surface area (Å²) in [7, 11) is 1.16. The van der Waals surface area contributed by atoms with E-state index in [9.17, 15) is 19.2 Å². The van der Waals surface area contributed by atoms with E-state index in [1.54, 1.807) is 37.3 Å². The number of methoxy groups -OCH3 is 1. The van der Waals surface area contributed by atoms with Crippen molar-refractivity contribution in [3.8, 4) is 0 Å². The Hall–Kier alpha value is -2.96. The fourth-order valence-corrected chi connectivity index (χ4v) is 1.85. The highest BCUT2D eigenvalue weighted by Crippen LogP contribution is 2.08. The molecular formula is C18H20O7. The van der Waals surface area contributed by atoms with Gasteiger partial charge in [-0.2, -0.15) is 0 Å². The minimum Gasteiger partial charge on any atom is -0.466 e. The van der Waals surface area contributed by atoms with Crippen LogP contribution < -0.4 is 0 Å².